The molecular weight excluding hydrogens is 605 g/mol. The maximum Gasteiger partial charge on any atom is 0.474 e. The number of nitrogens with zero attached hydrogens (tertiary/aromatic N) is 2. The summed E-state index contributed by atoms with van der Waals surface area (Å²) < 4.78 is 36.6. The maximum atomic E-state index is 13.4. The molecule has 0 radical (unpaired) electrons. The molecule has 0 saturated heterocycles. The third-order valence-electron chi connectivity index (χ3n) is 8.10. The van der Waals surface area contributed by atoms with E-state index in [0.29, 0.717) is 12.8 Å². The molecule has 0 fully saturated rings. The summed E-state index contributed by atoms with van der Waals surface area (Å²) in [5.41, 5.74) is 0. The van der Waals surface area contributed by atoms with Crippen LogP contribution in [0.3, 0.4) is 0 Å². The molecule has 1 amide bonds. The van der Waals surface area contributed by atoms with Crippen LogP contribution in [-0.2, 0) is 27.4 Å². The minimum atomic E-state index is -4.10. The quantitative estimate of drug-likeness (QED) is 0.0377. The largest absolute Gasteiger partial charge is 0.474 e. The molecule has 0 rings (SSSR count). The molecule has 260 valence electrons. The fourth-order valence-electron chi connectivity index (χ4n) is 4.34. The normalized spacial score (nSPS) is 13.8. The number of nitriles is 2. The molecule has 2 atom stereocenters. The van der Waals surface area contributed by atoms with Crippen molar-refractivity contribution in [2.45, 2.75) is 168 Å². The zero-order valence-corrected chi connectivity index (χ0v) is 31.4. The van der Waals surface area contributed by atoms with Crippen LogP contribution in [0.15, 0.2) is 12.2 Å². The molecular formula is C34H64N3O6PSi. The second-order valence-corrected chi connectivity index (χ2v) is 19.7. The predicted octanol–water partition coefficient (Wildman–Crippen LogP) is 9.90. The van der Waals surface area contributed by atoms with Gasteiger partial charge in [0, 0.05) is 6.42 Å². The van der Waals surface area contributed by atoms with Crippen LogP contribution in [0, 0.1) is 22.7 Å². The van der Waals surface area contributed by atoms with E-state index in [1.807, 2.05) is 25.1 Å². The average Bonchev–Trinajstić information content (AvgIpc) is 2.97. The maximum absolute atomic E-state index is 13.4. The number of amides is 1. The number of phosphoric ester groups is 1. The molecule has 0 heterocycles. The standard InChI is InChI=1S/C34H64N3O6PSi/c1-8-10-11-12-13-14-15-16-17-18-19-20-21-25-32(43-45(6,7)34(3,4)5)31(37-33(38)24-9-2)30-42-44(39,40-28-22-26-35)41-29-23-27-36/h21,25,31-32H,8-20,22-24,28-30H2,1-7H3,(H,37,38)/b25-21+/t31-,32+/m0/s1. The summed E-state index contributed by atoms with van der Waals surface area (Å²) in [6.07, 6.45) is 19.7. The van der Waals surface area contributed by atoms with Crippen molar-refractivity contribution in [3.63, 3.8) is 0 Å². The zero-order valence-electron chi connectivity index (χ0n) is 29.5. The third-order valence-corrected chi connectivity index (χ3v) is 14.0. The highest BCUT2D eigenvalue weighted by molar-refractivity contribution is 7.48. The number of carbonyl (C=O) groups is 1. The molecule has 0 aromatic rings. The molecule has 11 heteroatoms. The van der Waals surface area contributed by atoms with Crippen molar-refractivity contribution in [1.82, 2.24) is 5.32 Å². The smallest absolute Gasteiger partial charge is 0.408 e. The molecule has 1 N–H and O–H groups in total. The van der Waals surface area contributed by atoms with Gasteiger partial charge in [-0.25, -0.2) is 4.57 Å². The number of phosphoric acid groups is 1. The number of hydrogen-bond acceptors (Lipinski definition) is 8. The number of allylic oxidation sites excluding steroid dienone is 1. The van der Waals surface area contributed by atoms with Crippen LogP contribution in [0.1, 0.15) is 137 Å². The first-order valence-corrected chi connectivity index (χ1v) is 21.6. The van der Waals surface area contributed by atoms with Crippen LogP contribution in [0.5, 0.6) is 0 Å². The van der Waals surface area contributed by atoms with Crippen molar-refractivity contribution in [2.75, 3.05) is 19.8 Å². The van der Waals surface area contributed by atoms with E-state index in [2.05, 4.69) is 52.2 Å². The molecule has 0 aromatic heterocycles. The van der Waals surface area contributed by atoms with E-state index >= 15 is 0 Å². The highest BCUT2D eigenvalue weighted by Crippen LogP contribution is 2.50. The SMILES string of the molecule is CCCCCCCCCCCCC/C=C/[C@@H](O[Si](C)(C)C(C)(C)C)[C@H](COP(=O)(OCCC#N)OCCC#N)NC(=O)CCC. The van der Waals surface area contributed by atoms with E-state index in [4.69, 9.17) is 28.5 Å². The summed E-state index contributed by atoms with van der Waals surface area (Å²) in [5.74, 6) is -0.153. The summed E-state index contributed by atoms with van der Waals surface area (Å²) in [6, 6.07) is 3.22. The molecule has 0 aliphatic heterocycles. The van der Waals surface area contributed by atoms with E-state index in [-0.39, 0.29) is 43.6 Å². The lowest BCUT2D eigenvalue weighted by Crippen LogP contribution is -2.52. The second kappa shape index (κ2) is 25.6. The van der Waals surface area contributed by atoms with E-state index in [1.165, 1.54) is 64.2 Å². The van der Waals surface area contributed by atoms with Gasteiger partial charge in [0.2, 0.25) is 5.91 Å². The van der Waals surface area contributed by atoms with E-state index in [0.717, 1.165) is 12.8 Å². The number of carbonyl (C=O) groups excluding carboxylic acids is 1. The molecule has 0 bridgehead atoms. The first kappa shape index (κ1) is 43.5. The van der Waals surface area contributed by atoms with Gasteiger partial charge in [-0.15, -0.1) is 0 Å². The van der Waals surface area contributed by atoms with Crippen molar-refractivity contribution < 1.29 is 27.4 Å². The van der Waals surface area contributed by atoms with Gasteiger partial charge in [-0.1, -0.05) is 111 Å². The molecule has 45 heavy (non-hydrogen) atoms. The van der Waals surface area contributed by atoms with E-state index < -0.39 is 28.3 Å². The number of nitrogens with one attached hydrogen (secondary N) is 1. The predicted molar refractivity (Wildman–Crippen MR) is 185 cm³/mol. The molecule has 0 unspecified atom stereocenters. The first-order chi connectivity index (χ1) is 21.4. The molecule has 0 aliphatic rings. The first-order valence-electron chi connectivity index (χ1n) is 17.3. The van der Waals surface area contributed by atoms with E-state index in [9.17, 15) is 9.36 Å². The Morgan fingerprint density at radius 1 is 0.844 bits per heavy atom. The summed E-state index contributed by atoms with van der Waals surface area (Å²) in [6.45, 7) is 14.5. The van der Waals surface area contributed by atoms with Gasteiger partial charge in [-0.2, -0.15) is 10.5 Å². The molecule has 0 aromatic carbocycles. The van der Waals surface area contributed by atoms with Gasteiger partial charge < -0.3 is 9.74 Å². The van der Waals surface area contributed by atoms with Gasteiger partial charge in [0.05, 0.1) is 56.9 Å². The van der Waals surface area contributed by atoms with Crippen LogP contribution in [-0.4, -0.2) is 46.2 Å². The van der Waals surface area contributed by atoms with Gasteiger partial charge >= 0.3 is 7.82 Å². The Kier molecular flexibility index (Phi) is 24.7. The van der Waals surface area contributed by atoms with Crippen LogP contribution >= 0.6 is 7.82 Å². The van der Waals surface area contributed by atoms with Crippen molar-refractivity contribution in [2.24, 2.45) is 0 Å². The molecule has 0 saturated carbocycles. The van der Waals surface area contributed by atoms with Crippen molar-refractivity contribution in [3.8, 4) is 12.1 Å². The molecule has 0 spiro atoms. The lowest BCUT2D eigenvalue weighted by molar-refractivity contribution is -0.122. The second-order valence-electron chi connectivity index (χ2n) is 13.2. The minimum Gasteiger partial charge on any atom is -0.408 e. The Balaban J connectivity index is 5.58. The van der Waals surface area contributed by atoms with Crippen LogP contribution in [0.25, 0.3) is 0 Å². The Morgan fingerprint density at radius 2 is 1.36 bits per heavy atom. The van der Waals surface area contributed by atoms with Crippen LogP contribution in [0.4, 0.5) is 0 Å². The molecule has 9 nitrogen and oxygen atoms in total. The fourth-order valence-corrected chi connectivity index (χ4v) is 6.82. The highest BCUT2D eigenvalue weighted by atomic mass is 31.2. The summed E-state index contributed by atoms with van der Waals surface area (Å²) >= 11 is 0. The number of hydrogen-bond donors (Lipinski definition) is 1. The van der Waals surface area contributed by atoms with Crippen molar-refractivity contribution in [1.29, 1.82) is 10.5 Å². The topological polar surface area (TPSA) is 131 Å². The minimum absolute atomic E-state index is 0.00448. The Hall–Kier alpha value is -1.52. The van der Waals surface area contributed by atoms with Crippen molar-refractivity contribution >= 4 is 22.0 Å². The lowest BCUT2D eigenvalue weighted by Gasteiger charge is -2.40. The van der Waals surface area contributed by atoms with Gasteiger partial charge in [-0.05, 0) is 37.4 Å². The van der Waals surface area contributed by atoms with Gasteiger partial charge in [0.1, 0.15) is 0 Å². The average molecular weight is 670 g/mol. The Morgan fingerprint density at radius 3 is 1.82 bits per heavy atom. The Bertz CT molecular complexity index is 918. The highest BCUT2D eigenvalue weighted by Gasteiger charge is 2.41. The number of rotatable bonds is 28. The van der Waals surface area contributed by atoms with Gasteiger partial charge in [-0.3, -0.25) is 18.4 Å². The Labute approximate surface area is 276 Å². The van der Waals surface area contributed by atoms with Crippen LogP contribution in [0.2, 0.25) is 18.1 Å². The number of unbranched alkanes of at least 4 members (excludes halogenated alkanes) is 11. The van der Waals surface area contributed by atoms with Crippen molar-refractivity contribution in [3.05, 3.63) is 12.2 Å². The molecule has 0 aliphatic carbocycles. The van der Waals surface area contributed by atoms with Crippen LogP contribution < -0.4 is 5.32 Å². The fraction of sp³-hybridized carbons (Fsp3) is 0.853. The summed E-state index contributed by atoms with van der Waals surface area (Å²) in [4.78, 5) is 12.8. The third kappa shape index (κ3) is 21.8. The summed E-state index contributed by atoms with van der Waals surface area (Å²) in [5, 5.41) is 20.8. The summed E-state index contributed by atoms with van der Waals surface area (Å²) in [7, 11) is -6.39. The monoisotopic (exact) mass is 669 g/mol. The lowest BCUT2D eigenvalue weighted by atomic mass is 10.0. The van der Waals surface area contributed by atoms with Gasteiger partial charge in [0.15, 0.2) is 8.32 Å². The van der Waals surface area contributed by atoms with E-state index in [1.54, 1.807) is 0 Å². The van der Waals surface area contributed by atoms with Gasteiger partial charge in [0.25, 0.3) is 0 Å². The zero-order chi connectivity index (χ0) is 34.0.